The van der Waals surface area contributed by atoms with Crippen molar-refractivity contribution in [3.8, 4) is 0 Å². The van der Waals surface area contributed by atoms with Gasteiger partial charge in [0.25, 0.3) is 0 Å². The van der Waals surface area contributed by atoms with E-state index in [1.807, 2.05) is 0 Å². The molecule has 0 heterocycles. The highest BCUT2D eigenvalue weighted by molar-refractivity contribution is 5.70. The van der Waals surface area contributed by atoms with Crippen LogP contribution in [0.3, 0.4) is 0 Å². The Balaban J connectivity index is 3.21. The molecule has 0 rings (SSSR count). The number of carbonyl (C=O) groups excluding carboxylic acids is 1. The second-order valence-electron chi connectivity index (χ2n) is 3.21. The summed E-state index contributed by atoms with van der Waals surface area (Å²) in [6, 6.07) is 0. The molecule has 0 aliphatic rings. The Morgan fingerprint density at radius 3 is 2.77 bits per heavy atom. The Morgan fingerprint density at radius 1 is 1.54 bits per heavy atom. The average Bonchev–Trinajstić information content (AvgIpc) is 2.08. The van der Waals surface area contributed by atoms with E-state index in [1.54, 1.807) is 0 Å². The Labute approximate surface area is 79.7 Å². The Bertz CT molecular complexity index is 152. The van der Waals surface area contributed by atoms with Gasteiger partial charge in [-0.25, -0.2) is 4.79 Å². The van der Waals surface area contributed by atoms with Gasteiger partial charge < -0.3 is 9.47 Å². The maximum absolute atomic E-state index is 10.9. The first-order valence-corrected chi connectivity index (χ1v) is 4.51. The van der Waals surface area contributed by atoms with E-state index in [-0.39, 0.29) is 19.2 Å². The molecule has 0 aliphatic heterocycles. The van der Waals surface area contributed by atoms with Crippen LogP contribution in [0.2, 0.25) is 0 Å². The van der Waals surface area contributed by atoms with Crippen LogP contribution < -0.4 is 0 Å². The lowest BCUT2D eigenvalue weighted by Gasteiger charge is -2.05. The number of hydrogen-bond donors (Lipinski definition) is 0. The first-order chi connectivity index (χ1) is 6.16. The first kappa shape index (κ1) is 12.2. The lowest BCUT2D eigenvalue weighted by Crippen LogP contribution is -2.13. The highest BCUT2D eigenvalue weighted by atomic mass is 16.6. The molecule has 0 saturated carbocycles. The van der Waals surface area contributed by atoms with E-state index in [4.69, 9.17) is 9.47 Å². The molecule has 0 saturated heterocycles. The normalized spacial score (nSPS) is 10.1. The smallest absolute Gasteiger partial charge is 0.332 e. The van der Waals surface area contributed by atoms with E-state index in [0.717, 1.165) is 6.42 Å². The number of carbonyl (C=O) groups is 1. The molecule has 0 spiro atoms. The fourth-order valence-corrected chi connectivity index (χ4v) is 0.668. The highest BCUT2D eigenvalue weighted by Crippen LogP contribution is 1.98. The average molecular weight is 186 g/mol. The Hall–Kier alpha value is -0.830. The third-order valence-corrected chi connectivity index (χ3v) is 1.42. The zero-order chi connectivity index (χ0) is 10.1. The third kappa shape index (κ3) is 9.08. The van der Waals surface area contributed by atoms with Gasteiger partial charge in [0.2, 0.25) is 0 Å². The van der Waals surface area contributed by atoms with Crippen LogP contribution in [0.25, 0.3) is 0 Å². The van der Waals surface area contributed by atoms with Crippen molar-refractivity contribution < 1.29 is 14.3 Å². The first-order valence-electron chi connectivity index (χ1n) is 4.51. The predicted octanol–water partition coefficient (Wildman–Crippen LogP) is 1.78. The number of esters is 1. The quantitative estimate of drug-likeness (QED) is 0.345. The number of rotatable bonds is 7. The SMILES string of the molecule is C=CCOC(=O)COCCC(C)C. The molecule has 0 atom stereocenters. The van der Waals surface area contributed by atoms with Gasteiger partial charge in [-0.05, 0) is 12.3 Å². The molecule has 0 aliphatic carbocycles. The molecule has 0 unspecified atom stereocenters. The van der Waals surface area contributed by atoms with E-state index in [0.29, 0.717) is 12.5 Å². The summed E-state index contributed by atoms with van der Waals surface area (Å²) in [4.78, 5) is 10.9. The van der Waals surface area contributed by atoms with Gasteiger partial charge in [0.15, 0.2) is 0 Å². The fourth-order valence-electron chi connectivity index (χ4n) is 0.668. The van der Waals surface area contributed by atoms with Gasteiger partial charge in [0, 0.05) is 6.61 Å². The van der Waals surface area contributed by atoms with E-state index >= 15 is 0 Å². The molecule has 0 bridgehead atoms. The number of hydrogen-bond acceptors (Lipinski definition) is 3. The van der Waals surface area contributed by atoms with Gasteiger partial charge in [-0.15, -0.1) is 0 Å². The predicted molar refractivity (Wildman–Crippen MR) is 51.4 cm³/mol. The highest BCUT2D eigenvalue weighted by Gasteiger charge is 2.01. The van der Waals surface area contributed by atoms with Crippen molar-refractivity contribution in [3.63, 3.8) is 0 Å². The Kier molecular flexibility index (Phi) is 7.30. The van der Waals surface area contributed by atoms with Gasteiger partial charge in [0.05, 0.1) is 0 Å². The summed E-state index contributed by atoms with van der Waals surface area (Å²) in [5.41, 5.74) is 0. The molecule has 0 fully saturated rings. The van der Waals surface area contributed by atoms with Crippen molar-refractivity contribution in [3.05, 3.63) is 12.7 Å². The van der Waals surface area contributed by atoms with E-state index in [1.165, 1.54) is 6.08 Å². The minimum atomic E-state index is -0.330. The maximum Gasteiger partial charge on any atom is 0.332 e. The van der Waals surface area contributed by atoms with E-state index in [2.05, 4.69) is 20.4 Å². The second kappa shape index (κ2) is 7.80. The molecule has 0 radical (unpaired) electrons. The summed E-state index contributed by atoms with van der Waals surface area (Å²) in [6.07, 6.45) is 2.50. The van der Waals surface area contributed by atoms with Crippen molar-refractivity contribution in [2.45, 2.75) is 20.3 Å². The van der Waals surface area contributed by atoms with Gasteiger partial charge in [-0.3, -0.25) is 0 Å². The molecule has 3 nitrogen and oxygen atoms in total. The standard InChI is InChI=1S/C10H18O3/c1-4-6-13-10(11)8-12-7-5-9(2)3/h4,9H,1,5-8H2,2-3H3. The molecule has 76 valence electrons. The minimum absolute atomic E-state index is 0.0422. The molecule has 13 heavy (non-hydrogen) atoms. The van der Waals surface area contributed by atoms with Gasteiger partial charge in [-0.2, -0.15) is 0 Å². The number of ether oxygens (including phenoxy) is 2. The van der Waals surface area contributed by atoms with Gasteiger partial charge >= 0.3 is 5.97 Å². The van der Waals surface area contributed by atoms with E-state index in [9.17, 15) is 4.79 Å². The van der Waals surface area contributed by atoms with Crippen LogP contribution in [0.4, 0.5) is 0 Å². The monoisotopic (exact) mass is 186 g/mol. The summed E-state index contributed by atoms with van der Waals surface area (Å²) in [7, 11) is 0. The summed E-state index contributed by atoms with van der Waals surface area (Å²) >= 11 is 0. The lowest BCUT2D eigenvalue weighted by molar-refractivity contribution is -0.147. The zero-order valence-electron chi connectivity index (χ0n) is 8.41. The molecule has 0 amide bonds. The summed E-state index contributed by atoms with van der Waals surface area (Å²) in [6.45, 7) is 8.57. The van der Waals surface area contributed by atoms with E-state index < -0.39 is 0 Å². The summed E-state index contributed by atoms with van der Waals surface area (Å²) in [5, 5.41) is 0. The van der Waals surface area contributed by atoms with Crippen LogP contribution in [-0.2, 0) is 14.3 Å². The summed E-state index contributed by atoms with van der Waals surface area (Å²) < 4.78 is 9.81. The van der Waals surface area contributed by atoms with Crippen LogP contribution in [0, 0.1) is 5.92 Å². The van der Waals surface area contributed by atoms with Crippen LogP contribution in [-0.4, -0.2) is 25.8 Å². The van der Waals surface area contributed by atoms with Crippen molar-refractivity contribution in [2.75, 3.05) is 19.8 Å². The zero-order valence-corrected chi connectivity index (χ0v) is 8.41. The molecule has 0 aromatic heterocycles. The van der Waals surface area contributed by atoms with Gasteiger partial charge in [-0.1, -0.05) is 26.5 Å². The van der Waals surface area contributed by atoms with Crippen LogP contribution in [0.15, 0.2) is 12.7 Å². The largest absolute Gasteiger partial charge is 0.460 e. The van der Waals surface area contributed by atoms with Crippen molar-refractivity contribution in [1.29, 1.82) is 0 Å². The molecular weight excluding hydrogens is 168 g/mol. The molecule has 0 aromatic rings. The van der Waals surface area contributed by atoms with Crippen molar-refractivity contribution in [1.82, 2.24) is 0 Å². The Morgan fingerprint density at radius 2 is 2.23 bits per heavy atom. The van der Waals surface area contributed by atoms with Crippen molar-refractivity contribution >= 4 is 5.97 Å². The fraction of sp³-hybridized carbons (Fsp3) is 0.700. The topological polar surface area (TPSA) is 35.5 Å². The van der Waals surface area contributed by atoms with Crippen LogP contribution in [0.5, 0.6) is 0 Å². The summed E-state index contributed by atoms with van der Waals surface area (Å²) in [5.74, 6) is 0.271. The minimum Gasteiger partial charge on any atom is -0.460 e. The molecular formula is C10H18O3. The van der Waals surface area contributed by atoms with Crippen LogP contribution in [0.1, 0.15) is 20.3 Å². The molecule has 0 aromatic carbocycles. The van der Waals surface area contributed by atoms with Crippen molar-refractivity contribution in [2.24, 2.45) is 5.92 Å². The lowest BCUT2D eigenvalue weighted by atomic mass is 10.1. The molecule has 0 N–H and O–H groups in total. The maximum atomic E-state index is 10.9. The van der Waals surface area contributed by atoms with Crippen LogP contribution >= 0.6 is 0 Å². The van der Waals surface area contributed by atoms with Gasteiger partial charge in [0.1, 0.15) is 13.2 Å². The molecule has 3 heteroatoms. The third-order valence-electron chi connectivity index (χ3n) is 1.42. The second-order valence-corrected chi connectivity index (χ2v) is 3.21.